The number of hydrogen-bond donors (Lipinski definition) is 0. The SMILES string of the molecule is CCCN(Cc1cc2ccc(OC)cc2nc1Cl)C(C)C. The fourth-order valence-corrected chi connectivity index (χ4v) is 2.64. The number of hydrogen-bond acceptors (Lipinski definition) is 3. The average molecular weight is 307 g/mol. The second-order valence-corrected chi connectivity index (χ2v) is 5.92. The highest BCUT2D eigenvalue weighted by Gasteiger charge is 2.13. The topological polar surface area (TPSA) is 25.4 Å². The predicted molar refractivity (Wildman–Crippen MR) is 89.1 cm³/mol. The molecule has 0 saturated heterocycles. The van der Waals surface area contributed by atoms with E-state index in [1.807, 2.05) is 18.2 Å². The molecular weight excluding hydrogens is 284 g/mol. The van der Waals surface area contributed by atoms with Gasteiger partial charge in [-0.1, -0.05) is 18.5 Å². The molecule has 1 aromatic heterocycles. The van der Waals surface area contributed by atoms with Crippen molar-refractivity contribution in [1.82, 2.24) is 9.88 Å². The van der Waals surface area contributed by atoms with Crippen molar-refractivity contribution < 1.29 is 4.74 Å². The summed E-state index contributed by atoms with van der Waals surface area (Å²) in [7, 11) is 1.66. The van der Waals surface area contributed by atoms with Crippen molar-refractivity contribution in [3.8, 4) is 5.75 Å². The summed E-state index contributed by atoms with van der Waals surface area (Å²) < 4.78 is 5.23. The van der Waals surface area contributed by atoms with E-state index < -0.39 is 0 Å². The fourth-order valence-electron chi connectivity index (χ4n) is 2.43. The van der Waals surface area contributed by atoms with Crippen LogP contribution in [0.4, 0.5) is 0 Å². The molecule has 21 heavy (non-hydrogen) atoms. The summed E-state index contributed by atoms with van der Waals surface area (Å²) in [6, 6.07) is 8.52. The smallest absolute Gasteiger partial charge is 0.134 e. The molecule has 0 aliphatic heterocycles. The molecule has 114 valence electrons. The van der Waals surface area contributed by atoms with Gasteiger partial charge in [-0.05, 0) is 45.0 Å². The third kappa shape index (κ3) is 3.86. The molecular formula is C17H23ClN2O. The lowest BCUT2D eigenvalue weighted by atomic mass is 10.1. The molecule has 1 aromatic carbocycles. The summed E-state index contributed by atoms with van der Waals surface area (Å²) in [5, 5.41) is 1.67. The normalized spacial score (nSPS) is 11.6. The predicted octanol–water partition coefficient (Wildman–Crippen LogP) is 4.52. The van der Waals surface area contributed by atoms with E-state index in [1.54, 1.807) is 7.11 Å². The van der Waals surface area contributed by atoms with E-state index >= 15 is 0 Å². The standard InChI is InChI=1S/C17H23ClN2O/c1-5-8-20(12(2)3)11-14-9-13-6-7-15(21-4)10-16(13)19-17(14)18/h6-7,9-10,12H,5,8,11H2,1-4H3. The van der Waals surface area contributed by atoms with Crippen LogP contribution in [-0.4, -0.2) is 29.6 Å². The van der Waals surface area contributed by atoms with Crippen LogP contribution < -0.4 is 4.74 Å². The van der Waals surface area contributed by atoms with Crippen molar-refractivity contribution in [1.29, 1.82) is 0 Å². The largest absolute Gasteiger partial charge is 0.497 e. The van der Waals surface area contributed by atoms with Gasteiger partial charge in [0.2, 0.25) is 0 Å². The molecule has 0 amide bonds. The number of halogens is 1. The molecule has 0 aliphatic rings. The van der Waals surface area contributed by atoms with Gasteiger partial charge < -0.3 is 4.74 Å². The van der Waals surface area contributed by atoms with Crippen LogP contribution in [-0.2, 0) is 6.54 Å². The molecule has 1 heterocycles. The van der Waals surface area contributed by atoms with Gasteiger partial charge in [0.15, 0.2) is 0 Å². The lowest BCUT2D eigenvalue weighted by Crippen LogP contribution is -2.31. The van der Waals surface area contributed by atoms with E-state index in [0.717, 1.165) is 41.7 Å². The van der Waals surface area contributed by atoms with Gasteiger partial charge in [0, 0.05) is 29.6 Å². The molecule has 0 radical (unpaired) electrons. The average Bonchev–Trinajstić information content (AvgIpc) is 2.46. The number of ether oxygens (including phenoxy) is 1. The van der Waals surface area contributed by atoms with Crippen LogP contribution in [0.5, 0.6) is 5.75 Å². The maximum Gasteiger partial charge on any atom is 0.134 e. The number of methoxy groups -OCH3 is 1. The van der Waals surface area contributed by atoms with Crippen LogP contribution in [0.1, 0.15) is 32.8 Å². The number of benzene rings is 1. The second-order valence-electron chi connectivity index (χ2n) is 5.56. The number of fused-ring (bicyclic) bond motifs is 1. The Morgan fingerprint density at radius 3 is 2.67 bits per heavy atom. The van der Waals surface area contributed by atoms with Crippen LogP contribution in [0.25, 0.3) is 10.9 Å². The van der Waals surface area contributed by atoms with E-state index in [0.29, 0.717) is 11.2 Å². The summed E-state index contributed by atoms with van der Waals surface area (Å²) in [6.07, 6.45) is 1.13. The maximum atomic E-state index is 6.37. The Kier molecular flexibility index (Phi) is 5.43. The highest BCUT2D eigenvalue weighted by molar-refractivity contribution is 6.30. The molecule has 0 fully saturated rings. The minimum Gasteiger partial charge on any atom is -0.497 e. The Morgan fingerprint density at radius 1 is 1.29 bits per heavy atom. The third-order valence-corrected chi connectivity index (χ3v) is 3.99. The van der Waals surface area contributed by atoms with Crippen LogP contribution >= 0.6 is 11.6 Å². The first-order valence-electron chi connectivity index (χ1n) is 7.42. The molecule has 0 aliphatic carbocycles. The van der Waals surface area contributed by atoms with Crippen molar-refractivity contribution in [2.75, 3.05) is 13.7 Å². The van der Waals surface area contributed by atoms with E-state index in [4.69, 9.17) is 16.3 Å². The summed E-state index contributed by atoms with van der Waals surface area (Å²) in [4.78, 5) is 6.93. The monoisotopic (exact) mass is 306 g/mol. The first kappa shape index (κ1) is 16.1. The van der Waals surface area contributed by atoms with Crippen molar-refractivity contribution >= 4 is 22.5 Å². The molecule has 0 saturated carbocycles. The molecule has 2 rings (SSSR count). The first-order chi connectivity index (χ1) is 10.0. The second kappa shape index (κ2) is 7.10. The van der Waals surface area contributed by atoms with E-state index in [9.17, 15) is 0 Å². The molecule has 0 unspecified atom stereocenters. The number of nitrogens with zero attached hydrogens (tertiary/aromatic N) is 2. The quantitative estimate of drug-likeness (QED) is 0.734. The Bertz CT molecular complexity index is 613. The first-order valence-corrected chi connectivity index (χ1v) is 7.80. The Hall–Kier alpha value is -1.32. The lowest BCUT2D eigenvalue weighted by molar-refractivity contribution is 0.213. The fraction of sp³-hybridized carbons (Fsp3) is 0.471. The van der Waals surface area contributed by atoms with Crippen LogP contribution in [0.15, 0.2) is 24.3 Å². The number of rotatable bonds is 6. The molecule has 0 bridgehead atoms. The summed E-state index contributed by atoms with van der Waals surface area (Å²) in [6.45, 7) is 8.52. The van der Waals surface area contributed by atoms with E-state index in [2.05, 4.69) is 36.7 Å². The summed E-state index contributed by atoms with van der Waals surface area (Å²) >= 11 is 6.37. The van der Waals surface area contributed by atoms with Crippen molar-refractivity contribution in [2.24, 2.45) is 0 Å². The minimum absolute atomic E-state index is 0.493. The van der Waals surface area contributed by atoms with Gasteiger partial charge in [-0.3, -0.25) is 4.90 Å². The van der Waals surface area contributed by atoms with Gasteiger partial charge in [0.05, 0.1) is 12.6 Å². The summed E-state index contributed by atoms with van der Waals surface area (Å²) in [5.74, 6) is 0.800. The highest BCUT2D eigenvalue weighted by Crippen LogP contribution is 2.25. The molecule has 0 N–H and O–H groups in total. The number of pyridine rings is 1. The molecule has 4 heteroatoms. The zero-order valence-electron chi connectivity index (χ0n) is 13.2. The van der Waals surface area contributed by atoms with E-state index in [1.165, 1.54) is 0 Å². The minimum atomic E-state index is 0.493. The van der Waals surface area contributed by atoms with Crippen LogP contribution in [0, 0.1) is 0 Å². The van der Waals surface area contributed by atoms with Gasteiger partial charge in [0.25, 0.3) is 0 Å². The Morgan fingerprint density at radius 2 is 2.05 bits per heavy atom. The van der Waals surface area contributed by atoms with Gasteiger partial charge in [-0.2, -0.15) is 0 Å². The summed E-state index contributed by atoms with van der Waals surface area (Å²) in [5.41, 5.74) is 1.95. The third-order valence-electron chi connectivity index (χ3n) is 3.67. The lowest BCUT2D eigenvalue weighted by Gasteiger charge is -2.26. The highest BCUT2D eigenvalue weighted by atomic mass is 35.5. The van der Waals surface area contributed by atoms with Crippen molar-refractivity contribution in [3.05, 3.63) is 35.0 Å². The maximum absolute atomic E-state index is 6.37. The number of aromatic nitrogens is 1. The van der Waals surface area contributed by atoms with Crippen LogP contribution in [0.2, 0.25) is 5.15 Å². The zero-order valence-corrected chi connectivity index (χ0v) is 13.9. The molecule has 2 aromatic rings. The van der Waals surface area contributed by atoms with Gasteiger partial charge in [0.1, 0.15) is 10.9 Å². The molecule has 0 atom stereocenters. The molecule has 0 spiro atoms. The van der Waals surface area contributed by atoms with Crippen molar-refractivity contribution in [3.63, 3.8) is 0 Å². The van der Waals surface area contributed by atoms with Gasteiger partial charge in [-0.15, -0.1) is 0 Å². The molecule has 3 nitrogen and oxygen atoms in total. The van der Waals surface area contributed by atoms with Crippen LogP contribution in [0.3, 0.4) is 0 Å². The zero-order chi connectivity index (χ0) is 15.4. The van der Waals surface area contributed by atoms with E-state index in [-0.39, 0.29) is 0 Å². The van der Waals surface area contributed by atoms with Gasteiger partial charge >= 0.3 is 0 Å². The van der Waals surface area contributed by atoms with Gasteiger partial charge in [-0.25, -0.2) is 4.98 Å². The Balaban J connectivity index is 2.33. The Labute approximate surface area is 131 Å². The van der Waals surface area contributed by atoms with Crippen molar-refractivity contribution in [2.45, 2.75) is 39.8 Å².